The van der Waals surface area contributed by atoms with Gasteiger partial charge in [0, 0.05) is 18.1 Å². The molecule has 0 bridgehead atoms. The average Bonchev–Trinajstić information content (AvgIpc) is 3.08. The van der Waals surface area contributed by atoms with Gasteiger partial charge in [0.1, 0.15) is 5.60 Å². The van der Waals surface area contributed by atoms with E-state index in [-0.39, 0.29) is 17.6 Å². The molecule has 1 saturated carbocycles. The van der Waals surface area contributed by atoms with Crippen LogP contribution in [0.5, 0.6) is 0 Å². The first-order chi connectivity index (χ1) is 9.25. The molecule has 1 aromatic rings. The molecule has 0 aromatic carbocycles. The van der Waals surface area contributed by atoms with Gasteiger partial charge in [-0.2, -0.15) is 16.7 Å². The highest BCUT2D eigenvalue weighted by Gasteiger charge is 2.42. The Morgan fingerprint density at radius 3 is 2.84 bits per heavy atom. The average molecular weight is 284 g/mol. The molecule has 2 unspecified atom stereocenters. The number of hydrogen-bond acceptors (Lipinski definition) is 6. The molecule has 1 aliphatic heterocycles. The first-order valence-electron chi connectivity index (χ1n) is 6.99. The van der Waals surface area contributed by atoms with Crippen molar-refractivity contribution in [3.05, 3.63) is 11.7 Å². The van der Waals surface area contributed by atoms with Crippen molar-refractivity contribution in [3.63, 3.8) is 0 Å². The fourth-order valence-corrected chi connectivity index (χ4v) is 4.23. The predicted octanol–water partition coefficient (Wildman–Crippen LogP) is 2.07. The van der Waals surface area contributed by atoms with Crippen LogP contribution in [0.25, 0.3) is 0 Å². The van der Waals surface area contributed by atoms with Gasteiger partial charge in [-0.1, -0.05) is 5.16 Å². The molecule has 2 atom stereocenters. The van der Waals surface area contributed by atoms with Gasteiger partial charge in [0.15, 0.2) is 0 Å². The number of nitrogens with zero attached hydrogens (tertiary/aromatic N) is 2. The first kappa shape index (κ1) is 13.4. The van der Waals surface area contributed by atoms with Gasteiger partial charge in [0.2, 0.25) is 11.7 Å². The topological polar surface area (TPSA) is 68.4 Å². The summed E-state index contributed by atoms with van der Waals surface area (Å²) in [6.45, 7) is 2.66. The summed E-state index contributed by atoms with van der Waals surface area (Å²) < 4.78 is 11.3. The van der Waals surface area contributed by atoms with E-state index in [2.05, 4.69) is 10.1 Å². The van der Waals surface area contributed by atoms with E-state index < -0.39 is 0 Å². The van der Waals surface area contributed by atoms with E-state index in [0.29, 0.717) is 18.3 Å². The molecule has 19 heavy (non-hydrogen) atoms. The second-order valence-corrected chi connectivity index (χ2v) is 6.38. The molecular weight excluding hydrogens is 264 g/mol. The second kappa shape index (κ2) is 5.42. The molecule has 6 heteroatoms. The van der Waals surface area contributed by atoms with Crippen molar-refractivity contribution in [1.82, 2.24) is 10.1 Å². The summed E-state index contributed by atoms with van der Waals surface area (Å²) in [4.78, 5) is 4.54. The van der Waals surface area contributed by atoms with Crippen molar-refractivity contribution in [1.29, 1.82) is 0 Å². The number of rotatable bonds is 4. The lowest BCUT2D eigenvalue weighted by atomic mass is 10.0. The fraction of sp³-hybridized carbons (Fsp3) is 0.846. The number of aliphatic hydroxyl groups is 1. The Balaban J connectivity index is 1.83. The van der Waals surface area contributed by atoms with E-state index in [1.54, 1.807) is 11.8 Å². The van der Waals surface area contributed by atoms with Crippen molar-refractivity contribution in [2.24, 2.45) is 0 Å². The predicted molar refractivity (Wildman–Crippen MR) is 72.1 cm³/mol. The Labute approximate surface area is 117 Å². The minimum Gasteiger partial charge on any atom is -0.391 e. The van der Waals surface area contributed by atoms with Crippen LogP contribution >= 0.6 is 11.8 Å². The van der Waals surface area contributed by atoms with Crippen LogP contribution < -0.4 is 0 Å². The zero-order valence-corrected chi connectivity index (χ0v) is 12.0. The van der Waals surface area contributed by atoms with Crippen molar-refractivity contribution in [2.75, 3.05) is 18.1 Å². The number of thioether (sulfide) groups is 1. The number of ether oxygens (including phenoxy) is 1. The third kappa shape index (κ3) is 2.41. The van der Waals surface area contributed by atoms with Crippen LogP contribution in [0, 0.1) is 0 Å². The minimum atomic E-state index is -0.370. The van der Waals surface area contributed by atoms with Gasteiger partial charge < -0.3 is 14.4 Å². The van der Waals surface area contributed by atoms with Gasteiger partial charge in [-0.05, 0) is 32.6 Å². The van der Waals surface area contributed by atoms with Gasteiger partial charge in [-0.15, -0.1) is 0 Å². The maximum absolute atomic E-state index is 9.90. The van der Waals surface area contributed by atoms with Gasteiger partial charge >= 0.3 is 0 Å². The summed E-state index contributed by atoms with van der Waals surface area (Å²) in [6.07, 6.45) is 3.84. The molecule has 0 spiro atoms. The van der Waals surface area contributed by atoms with Crippen LogP contribution in [0.1, 0.15) is 50.2 Å². The molecule has 1 saturated heterocycles. The zero-order chi connectivity index (χ0) is 13.3. The Morgan fingerprint density at radius 2 is 2.21 bits per heavy atom. The molecule has 1 N–H and O–H groups in total. The molecule has 0 radical (unpaired) electrons. The van der Waals surface area contributed by atoms with Gasteiger partial charge in [0.25, 0.3) is 0 Å². The third-order valence-corrected chi connectivity index (χ3v) is 5.22. The lowest BCUT2D eigenvalue weighted by molar-refractivity contribution is -0.0469. The van der Waals surface area contributed by atoms with Gasteiger partial charge in [-0.25, -0.2) is 0 Å². The molecular formula is C13H20N2O3S. The summed E-state index contributed by atoms with van der Waals surface area (Å²) in [7, 11) is 0. The number of aliphatic hydroxyl groups excluding tert-OH is 1. The van der Waals surface area contributed by atoms with Crippen molar-refractivity contribution >= 4 is 11.8 Å². The van der Waals surface area contributed by atoms with Crippen LogP contribution in [0.2, 0.25) is 0 Å². The van der Waals surface area contributed by atoms with E-state index in [1.807, 2.05) is 6.92 Å². The zero-order valence-electron chi connectivity index (χ0n) is 11.2. The van der Waals surface area contributed by atoms with Crippen molar-refractivity contribution < 1.29 is 14.4 Å². The maximum atomic E-state index is 9.90. The Hall–Kier alpha value is -0.590. The first-order valence-corrected chi connectivity index (χ1v) is 8.14. The summed E-state index contributed by atoms with van der Waals surface area (Å²) in [6, 6.07) is 0. The Kier molecular flexibility index (Phi) is 3.82. The lowest BCUT2D eigenvalue weighted by Gasteiger charge is -2.24. The quantitative estimate of drug-likeness (QED) is 0.913. The van der Waals surface area contributed by atoms with E-state index in [0.717, 1.165) is 37.2 Å². The molecule has 2 aliphatic rings. The molecule has 1 aromatic heterocycles. The van der Waals surface area contributed by atoms with Gasteiger partial charge in [-0.3, -0.25) is 0 Å². The highest BCUT2D eigenvalue weighted by Crippen LogP contribution is 2.41. The van der Waals surface area contributed by atoms with Crippen LogP contribution in [0.4, 0.5) is 0 Å². The molecule has 0 amide bonds. The highest BCUT2D eigenvalue weighted by atomic mass is 32.2. The smallest absolute Gasteiger partial charge is 0.233 e. The van der Waals surface area contributed by atoms with Gasteiger partial charge in [0.05, 0.1) is 12.0 Å². The number of aromatic nitrogens is 2. The number of hydrogen-bond donors (Lipinski definition) is 1. The molecule has 106 valence electrons. The third-order valence-electron chi connectivity index (χ3n) is 4.05. The fourth-order valence-electron chi connectivity index (χ4n) is 3.00. The van der Waals surface area contributed by atoms with Crippen molar-refractivity contribution in [2.45, 2.75) is 50.2 Å². The van der Waals surface area contributed by atoms with Crippen LogP contribution in [0.3, 0.4) is 0 Å². The monoisotopic (exact) mass is 284 g/mol. The van der Waals surface area contributed by atoms with E-state index >= 15 is 0 Å². The largest absolute Gasteiger partial charge is 0.391 e. The molecule has 2 fully saturated rings. The Morgan fingerprint density at radius 1 is 1.42 bits per heavy atom. The summed E-state index contributed by atoms with van der Waals surface area (Å²) in [5, 5.41) is 14.0. The van der Waals surface area contributed by atoms with Crippen LogP contribution in [-0.2, 0) is 10.3 Å². The SMILES string of the molecule is CCOC1(c2noc(C3CSCC3O)n2)CCCC1. The standard InChI is InChI=1S/C13H20N2O3S/c1-2-17-13(5-3-4-6-13)12-14-11(18-15-12)9-7-19-8-10(9)16/h9-10,16H,2-8H2,1H3. The summed E-state index contributed by atoms with van der Waals surface area (Å²) >= 11 is 1.73. The van der Waals surface area contributed by atoms with E-state index in [4.69, 9.17) is 9.26 Å². The minimum absolute atomic E-state index is 0.0219. The van der Waals surface area contributed by atoms with Crippen molar-refractivity contribution in [3.8, 4) is 0 Å². The molecule has 5 nitrogen and oxygen atoms in total. The summed E-state index contributed by atoms with van der Waals surface area (Å²) in [5.74, 6) is 2.82. The molecule has 1 aliphatic carbocycles. The van der Waals surface area contributed by atoms with Crippen LogP contribution in [-0.4, -0.2) is 39.5 Å². The normalized spacial score (nSPS) is 30.0. The highest BCUT2D eigenvalue weighted by molar-refractivity contribution is 7.99. The second-order valence-electron chi connectivity index (χ2n) is 5.30. The Bertz CT molecular complexity index is 431. The molecule has 2 heterocycles. The molecule has 3 rings (SSSR count). The van der Waals surface area contributed by atoms with E-state index in [9.17, 15) is 5.11 Å². The lowest BCUT2D eigenvalue weighted by Crippen LogP contribution is -2.28. The van der Waals surface area contributed by atoms with E-state index in [1.165, 1.54) is 0 Å². The maximum Gasteiger partial charge on any atom is 0.233 e. The summed E-state index contributed by atoms with van der Waals surface area (Å²) in [5.41, 5.74) is -0.354. The van der Waals surface area contributed by atoms with Crippen LogP contribution in [0.15, 0.2) is 4.52 Å².